The van der Waals surface area contributed by atoms with Crippen molar-refractivity contribution in [2.24, 2.45) is 0 Å². The van der Waals surface area contributed by atoms with Gasteiger partial charge in [-0.2, -0.15) is 0 Å². The van der Waals surface area contributed by atoms with E-state index in [0.29, 0.717) is 5.15 Å². The molecule has 15 heavy (non-hydrogen) atoms. The number of hydrogen-bond donors (Lipinski definition) is 0. The van der Waals surface area contributed by atoms with Gasteiger partial charge in [-0.25, -0.2) is 4.98 Å². The largest absolute Gasteiger partial charge is 0.236 e. The van der Waals surface area contributed by atoms with Gasteiger partial charge in [0.05, 0.1) is 5.52 Å². The van der Waals surface area contributed by atoms with Crippen LogP contribution >= 0.6 is 11.6 Å². The highest BCUT2D eigenvalue weighted by Gasteiger charge is 2.23. The van der Waals surface area contributed by atoms with Gasteiger partial charge in [-0.05, 0) is 55.0 Å². The second-order valence-electron chi connectivity index (χ2n) is 4.31. The molecule has 0 atom stereocenters. The number of aryl methyl sites for hydroxylation is 1. The molecule has 1 saturated carbocycles. The maximum Gasteiger partial charge on any atom is 0.130 e. The lowest BCUT2D eigenvalue weighted by Gasteiger charge is -2.05. The number of halogens is 1. The highest BCUT2D eigenvalue weighted by Crippen LogP contribution is 2.41. The number of aromatic nitrogens is 1. The van der Waals surface area contributed by atoms with Crippen LogP contribution in [-0.2, 0) is 0 Å². The molecule has 0 N–H and O–H groups in total. The molecule has 0 aliphatic heterocycles. The number of nitrogens with zero attached hydrogens (tertiary/aromatic N) is 1. The highest BCUT2D eigenvalue weighted by atomic mass is 35.5. The van der Waals surface area contributed by atoms with Crippen LogP contribution in [0.2, 0.25) is 5.15 Å². The van der Waals surface area contributed by atoms with Crippen LogP contribution in [-0.4, -0.2) is 4.98 Å². The van der Waals surface area contributed by atoms with Gasteiger partial charge in [0.25, 0.3) is 0 Å². The molecule has 2 aromatic rings. The Labute approximate surface area is 94.1 Å². The van der Waals surface area contributed by atoms with E-state index in [9.17, 15) is 0 Å². The van der Waals surface area contributed by atoms with Crippen molar-refractivity contribution < 1.29 is 0 Å². The Morgan fingerprint density at radius 1 is 1.27 bits per heavy atom. The Morgan fingerprint density at radius 3 is 2.80 bits per heavy atom. The lowest BCUT2D eigenvalue weighted by Crippen LogP contribution is -1.87. The minimum atomic E-state index is 0.583. The molecule has 0 unspecified atom stereocenters. The predicted molar refractivity (Wildman–Crippen MR) is 63.5 cm³/mol. The smallest absolute Gasteiger partial charge is 0.130 e. The molecular formula is C13H12ClN. The summed E-state index contributed by atoms with van der Waals surface area (Å²) >= 11 is 5.93. The van der Waals surface area contributed by atoms with Crippen LogP contribution in [0.1, 0.15) is 29.9 Å². The van der Waals surface area contributed by atoms with Crippen LogP contribution in [0.4, 0.5) is 0 Å². The molecule has 0 radical (unpaired) electrons. The van der Waals surface area contributed by atoms with Crippen LogP contribution < -0.4 is 0 Å². The average molecular weight is 218 g/mol. The molecular weight excluding hydrogens is 206 g/mol. The summed E-state index contributed by atoms with van der Waals surface area (Å²) in [6.07, 6.45) is 2.68. The first-order chi connectivity index (χ1) is 7.24. The van der Waals surface area contributed by atoms with E-state index >= 15 is 0 Å². The van der Waals surface area contributed by atoms with Crippen molar-refractivity contribution in [3.05, 3.63) is 40.5 Å². The van der Waals surface area contributed by atoms with Gasteiger partial charge in [0.2, 0.25) is 0 Å². The third-order valence-electron chi connectivity index (χ3n) is 3.06. The standard InChI is InChI=1S/C13H12ClN/c1-8-6-13(14)15-12-5-4-10(7-11(8)12)9-2-3-9/h4-7,9H,2-3H2,1H3. The Hall–Kier alpha value is -1.08. The first kappa shape index (κ1) is 9.17. The van der Waals surface area contributed by atoms with Gasteiger partial charge in [-0.1, -0.05) is 17.7 Å². The first-order valence-electron chi connectivity index (χ1n) is 5.31. The molecule has 1 aliphatic rings. The van der Waals surface area contributed by atoms with Gasteiger partial charge in [0.15, 0.2) is 0 Å². The zero-order valence-corrected chi connectivity index (χ0v) is 9.38. The molecule has 1 nitrogen and oxygen atoms in total. The van der Waals surface area contributed by atoms with E-state index in [2.05, 4.69) is 30.1 Å². The monoisotopic (exact) mass is 217 g/mol. The summed E-state index contributed by atoms with van der Waals surface area (Å²) < 4.78 is 0. The van der Waals surface area contributed by atoms with Crippen LogP contribution in [0.25, 0.3) is 10.9 Å². The second kappa shape index (κ2) is 3.21. The lowest BCUT2D eigenvalue weighted by atomic mass is 10.0. The first-order valence-corrected chi connectivity index (χ1v) is 5.68. The van der Waals surface area contributed by atoms with Crippen LogP contribution in [0.5, 0.6) is 0 Å². The average Bonchev–Trinajstić information content (AvgIpc) is 3.00. The number of fused-ring (bicyclic) bond motifs is 1. The normalized spacial score (nSPS) is 15.9. The minimum absolute atomic E-state index is 0.583. The van der Waals surface area contributed by atoms with Crippen molar-refractivity contribution in [3.8, 4) is 0 Å². The van der Waals surface area contributed by atoms with E-state index < -0.39 is 0 Å². The van der Waals surface area contributed by atoms with Crippen molar-refractivity contribution >= 4 is 22.5 Å². The Balaban J connectivity index is 2.25. The van der Waals surface area contributed by atoms with Crippen molar-refractivity contribution in [3.63, 3.8) is 0 Å². The molecule has 1 aromatic carbocycles. The van der Waals surface area contributed by atoms with Gasteiger partial charge in [-0.3, -0.25) is 0 Å². The fraction of sp³-hybridized carbons (Fsp3) is 0.308. The summed E-state index contributed by atoms with van der Waals surface area (Å²) in [5, 5.41) is 1.82. The molecule has 3 rings (SSSR count). The number of benzene rings is 1. The highest BCUT2D eigenvalue weighted by molar-refractivity contribution is 6.29. The molecule has 0 amide bonds. The summed E-state index contributed by atoms with van der Waals surface area (Å²) in [6, 6.07) is 8.47. The van der Waals surface area contributed by atoms with E-state index in [1.807, 2.05) is 6.07 Å². The summed E-state index contributed by atoms with van der Waals surface area (Å²) in [6.45, 7) is 2.09. The van der Waals surface area contributed by atoms with Gasteiger partial charge in [0.1, 0.15) is 5.15 Å². The Morgan fingerprint density at radius 2 is 2.07 bits per heavy atom. The SMILES string of the molecule is Cc1cc(Cl)nc2ccc(C3CC3)cc12. The summed E-state index contributed by atoms with van der Waals surface area (Å²) in [5.74, 6) is 0.796. The van der Waals surface area contributed by atoms with E-state index in [1.54, 1.807) is 0 Å². The Kier molecular flexibility index (Phi) is 1.96. The Bertz CT molecular complexity index is 529. The van der Waals surface area contributed by atoms with Gasteiger partial charge >= 0.3 is 0 Å². The molecule has 2 heteroatoms. The molecule has 1 aromatic heterocycles. The fourth-order valence-electron chi connectivity index (χ4n) is 2.04. The van der Waals surface area contributed by atoms with Crippen LogP contribution in [0.15, 0.2) is 24.3 Å². The molecule has 1 aliphatic carbocycles. The van der Waals surface area contributed by atoms with E-state index in [-0.39, 0.29) is 0 Å². The molecule has 0 spiro atoms. The molecule has 1 heterocycles. The minimum Gasteiger partial charge on any atom is -0.236 e. The summed E-state index contributed by atoms with van der Waals surface area (Å²) in [4.78, 5) is 4.32. The molecule has 76 valence electrons. The molecule has 1 fully saturated rings. The van der Waals surface area contributed by atoms with E-state index in [1.165, 1.54) is 29.4 Å². The number of hydrogen-bond acceptors (Lipinski definition) is 1. The topological polar surface area (TPSA) is 12.9 Å². The van der Waals surface area contributed by atoms with Crippen molar-refractivity contribution in [2.45, 2.75) is 25.7 Å². The zero-order valence-electron chi connectivity index (χ0n) is 8.63. The molecule has 0 saturated heterocycles. The van der Waals surface area contributed by atoms with E-state index in [4.69, 9.17) is 11.6 Å². The van der Waals surface area contributed by atoms with E-state index in [0.717, 1.165) is 11.4 Å². The summed E-state index contributed by atoms with van der Waals surface area (Å²) in [7, 11) is 0. The molecule has 0 bridgehead atoms. The van der Waals surface area contributed by atoms with Gasteiger partial charge in [0, 0.05) is 5.39 Å². The quantitative estimate of drug-likeness (QED) is 0.656. The van der Waals surface area contributed by atoms with Gasteiger partial charge in [-0.15, -0.1) is 0 Å². The zero-order chi connectivity index (χ0) is 10.4. The van der Waals surface area contributed by atoms with Crippen molar-refractivity contribution in [1.29, 1.82) is 0 Å². The number of rotatable bonds is 1. The van der Waals surface area contributed by atoms with Crippen molar-refractivity contribution in [1.82, 2.24) is 4.98 Å². The number of pyridine rings is 1. The predicted octanol–water partition coefficient (Wildman–Crippen LogP) is 4.07. The van der Waals surface area contributed by atoms with Crippen LogP contribution in [0.3, 0.4) is 0 Å². The third kappa shape index (κ3) is 1.61. The lowest BCUT2D eigenvalue weighted by molar-refractivity contribution is 1.13. The van der Waals surface area contributed by atoms with Crippen LogP contribution in [0, 0.1) is 6.92 Å². The van der Waals surface area contributed by atoms with Crippen molar-refractivity contribution in [2.75, 3.05) is 0 Å². The van der Waals surface area contributed by atoms with Gasteiger partial charge < -0.3 is 0 Å². The second-order valence-corrected chi connectivity index (χ2v) is 4.70. The fourth-order valence-corrected chi connectivity index (χ4v) is 2.30. The maximum absolute atomic E-state index is 5.93. The summed E-state index contributed by atoms with van der Waals surface area (Å²) in [5.41, 5.74) is 3.67. The third-order valence-corrected chi connectivity index (χ3v) is 3.25. The maximum atomic E-state index is 5.93.